The number of hydrogen-bond acceptors (Lipinski definition) is 9. The van der Waals surface area contributed by atoms with Crippen LogP contribution in [0.4, 0.5) is 21.0 Å². The predicted octanol–water partition coefficient (Wildman–Crippen LogP) is 7.37. The fraction of sp³-hybridized carbons (Fsp3) is 0.590. The number of nitrogens with zero attached hydrogens (tertiary/aromatic N) is 8. The van der Waals surface area contributed by atoms with E-state index in [1.807, 2.05) is 63.1 Å². The largest absolute Gasteiger partial charge is 0.444 e. The Morgan fingerprint density at radius 3 is 1.85 bits per heavy atom. The van der Waals surface area contributed by atoms with Gasteiger partial charge < -0.3 is 28.4 Å². The van der Waals surface area contributed by atoms with Crippen LogP contribution in [0.5, 0.6) is 0 Å². The summed E-state index contributed by atoms with van der Waals surface area (Å²) in [6.45, 7) is 16.5. The highest BCUT2D eigenvalue weighted by molar-refractivity contribution is 8.08. The van der Waals surface area contributed by atoms with Crippen molar-refractivity contribution in [2.75, 3.05) is 49.1 Å². The smallest absolute Gasteiger partial charge is 0.411 e. The third-order valence-corrected chi connectivity index (χ3v) is 12.5. The third-order valence-electron chi connectivity index (χ3n) is 10.9. The SMILES string of the molecule is Cn1c(C2CCCN2C(=O)OC(C)(C)C)nc2ccc(N3CCN(c4ccc5nc(C6SC67CCCN7C(=O)OC(C)(C)C)n(C)c5c4)CC3)cc21. The number of hydrogen-bond donors (Lipinski definition) is 0. The summed E-state index contributed by atoms with van der Waals surface area (Å²) in [7, 11) is 4.16. The van der Waals surface area contributed by atoms with Gasteiger partial charge in [-0.2, -0.15) is 0 Å². The second-order valence-corrected chi connectivity index (χ2v) is 18.2. The number of likely N-dealkylation sites (tertiary alicyclic amines) is 2. The van der Waals surface area contributed by atoms with Crippen LogP contribution in [0.1, 0.15) is 90.2 Å². The first kappa shape index (κ1) is 34.9. The summed E-state index contributed by atoms with van der Waals surface area (Å²) in [6, 6.07) is 13.0. The van der Waals surface area contributed by atoms with Gasteiger partial charge in [0.2, 0.25) is 0 Å². The quantitative estimate of drug-likeness (QED) is 0.199. The molecule has 0 aliphatic carbocycles. The molecule has 0 radical (unpaired) electrons. The van der Waals surface area contributed by atoms with Crippen molar-refractivity contribution in [2.24, 2.45) is 14.1 Å². The number of rotatable bonds is 4. The third kappa shape index (κ3) is 6.22. The normalized spacial score (nSPS) is 23.8. The van der Waals surface area contributed by atoms with E-state index in [1.165, 1.54) is 11.4 Å². The lowest BCUT2D eigenvalue weighted by Gasteiger charge is -2.37. The van der Waals surface area contributed by atoms with E-state index in [0.717, 1.165) is 92.1 Å². The summed E-state index contributed by atoms with van der Waals surface area (Å²) < 4.78 is 15.9. The summed E-state index contributed by atoms with van der Waals surface area (Å²) in [5, 5.41) is 0.141. The standard InChI is InChI=1S/C39H52N8O4S/c1-37(2,3)50-35(48)46-17-9-11-29(46)33-40-27-14-12-25(23-30(27)42(33)7)44-19-21-45(22-20-44)26-13-15-28-31(24-26)43(8)34(41-28)32-39(52-32)16-10-18-47(39)36(49)51-38(4,5)6/h12-15,23-24,29,32H,9-11,16-22H2,1-8H3. The molecule has 0 saturated carbocycles. The molecule has 4 aliphatic rings. The summed E-state index contributed by atoms with van der Waals surface area (Å²) in [5.74, 6) is 1.93. The molecule has 52 heavy (non-hydrogen) atoms. The van der Waals surface area contributed by atoms with Gasteiger partial charge in [-0.3, -0.25) is 9.80 Å². The molecule has 13 heteroatoms. The van der Waals surface area contributed by atoms with Gasteiger partial charge >= 0.3 is 12.2 Å². The van der Waals surface area contributed by atoms with Crippen LogP contribution < -0.4 is 9.80 Å². The zero-order valence-corrected chi connectivity index (χ0v) is 32.6. The van der Waals surface area contributed by atoms with Crippen molar-refractivity contribution >= 4 is 57.4 Å². The van der Waals surface area contributed by atoms with Crippen LogP contribution in [0.25, 0.3) is 22.1 Å². The molecule has 0 bridgehead atoms. The molecule has 4 fully saturated rings. The summed E-state index contributed by atoms with van der Waals surface area (Å²) in [6.07, 6.45) is 3.27. The summed E-state index contributed by atoms with van der Waals surface area (Å²) in [4.78, 5) is 44.7. The first-order valence-corrected chi connectivity index (χ1v) is 19.6. The average Bonchev–Trinajstić information content (AvgIpc) is 3.50. The number of carbonyl (C=O) groups is 2. The Kier molecular flexibility index (Phi) is 8.39. The predicted molar refractivity (Wildman–Crippen MR) is 206 cm³/mol. The molecule has 3 atom stereocenters. The van der Waals surface area contributed by atoms with Crippen LogP contribution in [0, 0.1) is 0 Å². The number of fused-ring (bicyclic) bond motifs is 2. The van der Waals surface area contributed by atoms with Gasteiger partial charge in [0.25, 0.3) is 0 Å². The molecule has 12 nitrogen and oxygen atoms in total. The number of benzene rings is 2. The van der Waals surface area contributed by atoms with E-state index in [1.54, 1.807) is 0 Å². The van der Waals surface area contributed by atoms with Crippen molar-refractivity contribution in [3.05, 3.63) is 48.0 Å². The highest BCUT2D eigenvalue weighted by Crippen LogP contribution is 2.70. The lowest BCUT2D eigenvalue weighted by molar-refractivity contribution is 0.0207. The minimum atomic E-state index is -0.535. The van der Waals surface area contributed by atoms with E-state index >= 15 is 0 Å². The number of aromatic nitrogens is 4. The molecule has 2 aromatic heterocycles. The van der Waals surface area contributed by atoms with Gasteiger partial charge in [0.05, 0.1) is 33.4 Å². The molecular weight excluding hydrogens is 677 g/mol. The molecule has 2 aromatic carbocycles. The topological polar surface area (TPSA) is 101 Å². The monoisotopic (exact) mass is 728 g/mol. The Bertz CT molecular complexity index is 2040. The van der Waals surface area contributed by atoms with Gasteiger partial charge in [0, 0.05) is 64.7 Å². The van der Waals surface area contributed by atoms with Crippen LogP contribution in [-0.2, 0) is 23.6 Å². The molecule has 3 unspecified atom stereocenters. The first-order valence-electron chi connectivity index (χ1n) is 18.7. The maximum absolute atomic E-state index is 13.1. The molecule has 2 amide bonds. The second kappa shape index (κ2) is 12.5. The lowest BCUT2D eigenvalue weighted by Crippen LogP contribution is -2.46. The molecule has 4 aliphatic heterocycles. The molecule has 1 spiro atoms. The van der Waals surface area contributed by atoms with Crippen molar-refractivity contribution in [1.82, 2.24) is 28.9 Å². The Hall–Kier alpha value is -4.13. The number of anilines is 2. The van der Waals surface area contributed by atoms with Crippen molar-refractivity contribution < 1.29 is 19.1 Å². The van der Waals surface area contributed by atoms with Gasteiger partial charge in [0.1, 0.15) is 27.7 Å². The van der Waals surface area contributed by atoms with Crippen LogP contribution >= 0.6 is 11.8 Å². The van der Waals surface area contributed by atoms with Crippen LogP contribution in [0.15, 0.2) is 36.4 Å². The van der Waals surface area contributed by atoms with Crippen molar-refractivity contribution in [2.45, 2.75) is 94.6 Å². The van der Waals surface area contributed by atoms with E-state index in [9.17, 15) is 9.59 Å². The van der Waals surface area contributed by atoms with Gasteiger partial charge in [-0.15, -0.1) is 11.8 Å². The molecule has 0 N–H and O–H groups in total. The minimum absolute atomic E-state index is 0.0918. The number of carbonyl (C=O) groups excluding carboxylic acids is 2. The fourth-order valence-corrected chi connectivity index (χ4v) is 9.88. The van der Waals surface area contributed by atoms with Crippen molar-refractivity contribution in [1.29, 1.82) is 0 Å². The maximum atomic E-state index is 13.1. The number of amides is 2. The van der Waals surface area contributed by atoms with Crippen molar-refractivity contribution in [3.63, 3.8) is 0 Å². The number of thioether (sulfide) groups is 1. The van der Waals surface area contributed by atoms with E-state index < -0.39 is 11.2 Å². The van der Waals surface area contributed by atoms with E-state index in [0.29, 0.717) is 6.54 Å². The molecular formula is C39H52N8O4S. The molecule has 8 rings (SSSR count). The minimum Gasteiger partial charge on any atom is -0.444 e. The van der Waals surface area contributed by atoms with Crippen LogP contribution in [-0.4, -0.2) is 96.4 Å². The molecule has 4 aromatic rings. The Labute approximate surface area is 310 Å². The van der Waals surface area contributed by atoms with E-state index in [2.05, 4.69) is 69.4 Å². The Morgan fingerprint density at radius 1 is 0.731 bits per heavy atom. The first-order chi connectivity index (χ1) is 24.6. The number of aryl methyl sites for hydroxylation is 2. The number of imidazole rings is 2. The number of ether oxygens (including phenoxy) is 2. The molecule has 6 heterocycles. The van der Waals surface area contributed by atoms with Gasteiger partial charge in [0.15, 0.2) is 0 Å². The molecule has 278 valence electrons. The van der Waals surface area contributed by atoms with Crippen LogP contribution in [0.3, 0.4) is 0 Å². The Morgan fingerprint density at radius 2 is 1.27 bits per heavy atom. The highest BCUT2D eigenvalue weighted by atomic mass is 32.2. The van der Waals surface area contributed by atoms with Gasteiger partial charge in [-0.25, -0.2) is 19.6 Å². The fourth-order valence-electron chi connectivity index (χ4n) is 8.31. The van der Waals surface area contributed by atoms with E-state index in [4.69, 9.17) is 19.4 Å². The van der Waals surface area contributed by atoms with Crippen molar-refractivity contribution in [3.8, 4) is 0 Å². The lowest BCUT2D eigenvalue weighted by atomic mass is 10.1. The molecule has 4 saturated heterocycles. The van der Waals surface area contributed by atoms with Gasteiger partial charge in [-0.05, 0) is 104 Å². The zero-order valence-electron chi connectivity index (χ0n) is 31.8. The Balaban J connectivity index is 0.948. The average molecular weight is 729 g/mol. The zero-order chi connectivity index (χ0) is 36.7. The van der Waals surface area contributed by atoms with Crippen LogP contribution in [0.2, 0.25) is 0 Å². The van der Waals surface area contributed by atoms with E-state index in [-0.39, 0.29) is 28.3 Å². The summed E-state index contributed by atoms with van der Waals surface area (Å²) in [5.41, 5.74) is 5.46. The highest BCUT2D eigenvalue weighted by Gasteiger charge is 2.66. The number of piperazine rings is 1. The second-order valence-electron chi connectivity index (χ2n) is 16.8. The maximum Gasteiger partial charge on any atom is 0.411 e. The summed E-state index contributed by atoms with van der Waals surface area (Å²) >= 11 is 1.83. The van der Waals surface area contributed by atoms with Gasteiger partial charge in [-0.1, -0.05) is 0 Å².